The first-order chi connectivity index (χ1) is 7.24. The Morgan fingerprint density at radius 3 is 2.93 bits per heavy atom. The molecule has 0 aliphatic heterocycles. The third-order valence-electron chi connectivity index (χ3n) is 2.33. The van der Waals surface area contributed by atoms with E-state index in [-0.39, 0.29) is 5.78 Å². The average molecular weight is 199 g/mol. The predicted octanol–water partition coefficient (Wildman–Crippen LogP) is 2.78. The van der Waals surface area contributed by atoms with Crippen molar-refractivity contribution >= 4 is 16.8 Å². The van der Waals surface area contributed by atoms with Gasteiger partial charge in [-0.2, -0.15) is 5.26 Å². The lowest BCUT2D eigenvalue weighted by molar-refractivity contribution is 0.0957. The van der Waals surface area contributed by atoms with Gasteiger partial charge in [0.25, 0.3) is 0 Å². The number of ketones is 1. The van der Waals surface area contributed by atoms with Crippen molar-refractivity contribution in [3.8, 4) is 6.07 Å². The second-order valence-electron chi connectivity index (χ2n) is 3.36. The van der Waals surface area contributed by atoms with E-state index in [0.717, 1.165) is 5.39 Å². The molecule has 2 rings (SSSR count). The van der Waals surface area contributed by atoms with Crippen molar-refractivity contribution in [2.45, 2.75) is 6.92 Å². The summed E-state index contributed by atoms with van der Waals surface area (Å²) in [5.41, 5.74) is 1.16. The third kappa shape index (κ3) is 1.50. The van der Waals surface area contributed by atoms with Gasteiger partial charge in [0.1, 0.15) is 17.8 Å². The fraction of sp³-hybridized carbons (Fsp3) is 0.167. The number of nitrogens with zero attached hydrogens (tertiary/aromatic N) is 1. The van der Waals surface area contributed by atoms with Gasteiger partial charge in [0.15, 0.2) is 5.78 Å². The van der Waals surface area contributed by atoms with E-state index in [4.69, 9.17) is 9.68 Å². The molecule has 0 aliphatic carbocycles. The number of rotatable bonds is 2. The van der Waals surface area contributed by atoms with Crippen LogP contribution in [0, 0.1) is 17.2 Å². The molecular weight excluding hydrogens is 190 g/mol. The van der Waals surface area contributed by atoms with Crippen LogP contribution in [0.5, 0.6) is 0 Å². The number of furan rings is 1. The van der Waals surface area contributed by atoms with Crippen molar-refractivity contribution in [1.29, 1.82) is 5.26 Å². The molecule has 1 aromatic heterocycles. The van der Waals surface area contributed by atoms with Crippen LogP contribution in [0.2, 0.25) is 0 Å². The molecule has 0 amide bonds. The maximum Gasteiger partial charge on any atom is 0.183 e. The molecule has 0 bridgehead atoms. The summed E-state index contributed by atoms with van der Waals surface area (Å²) in [6.07, 6.45) is 1.42. The first kappa shape index (κ1) is 9.47. The molecule has 3 nitrogen and oxygen atoms in total. The van der Waals surface area contributed by atoms with Crippen molar-refractivity contribution < 1.29 is 9.21 Å². The summed E-state index contributed by atoms with van der Waals surface area (Å²) in [6, 6.07) is 9.22. The fourth-order valence-corrected chi connectivity index (χ4v) is 1.46. The molecule has 0 fully saturated rings. The maximum atomic E-state index is 11.8. The number of carbonyl (C=O) groups is 1. The molecule has 0 saturated heterocycles. The van der Waals surface area contributed by atoms with Crippen molar-refractivity contribution in [2.75, 3.05) is 0 Å². The minimum absolute atomic E-state index is 0.192. The molecule has 1 atom stereocenters. The van der Waals surface area contributed by atoms with E-state index in [9.17, 15) is 4.79 Å². The van der Waals surface area contributed by atoms with Crippen LogP contribution in [0.25, 0.3) is 11.0 Å². The zero-order valence-electron chi connectivity index (χ0n) is 8.23. The summed E-state index contributed by atoms with van der Waals surface area (Å²) >= 11 is 0. The summed E-state index contributed by atoms with van der Waals surface area (Å²) in [4.78, 5) is 11.8. The highest BCUT2D eigenvalue weighted by Gasteiger charge is 2.18. The van der Waals surface area contributed by atoms with Gasteiger partial charge in [-0.3, -0.25) is 4.79 Å². The number of nitriles is 1. The highest BCUT2D eigenvalue weighted by molar-refractivity contribution is 6.08. The van der Waals surface area contributed by atoms with E-state index in [1.807, 2.05) is 24.3 Å². The molecule has 3 heteroatoms. The number of benzene rings is 1. The molecular formula is C12H9NO2. The molecule has 2 aromatic rings. The van der Waals surface area contributed by atoms with Gasteiger partial charge in [0, 0.05) is 5.39 Å². The smallest absolute Gasteiger partial charge is 0.183 e. The van der Waals surface area contributed by atoms with Crippen LogP contribution < -0.4 is 0 Å². The van der Waals surface area contributed by atoms with Gasteiger partial charge in [0.05, 0.1) is 11.6 Å². The van der Waals surface area contributed by atoms with E-state index in [1.165, 1.54) is 6.26 Å². The largest absolute Gasteiger partial charge is 0.464 e. The first-order valence-electron chi connectivity index (χ1n) is 4.64. The number of hydrogen-bond acceptors (Lipinski definition) is 3. The third-order valence-corrected chi connectivity index (χ3v) is 2.33. The van der Waals surface area contributed by atoms with Gasteiger partial charge in [-0.25, -0.2) is 0 Å². The van der Waals surface area contributed by atoms with Crippen LogP contribution in [0.15, 0.2) is 34.9 Å². The minimum Gasteiger partial charge on any atom is -0.464 e. The topological polar surface area (TPSA) is 54.0 Å². The second-order valence-corrected chi connectivity index (χ2v) is 3.36. The molecule has 0 saturated carbocycles. The lowest BCUT2D eigenvalue weighted by Crippen LogP contribution is -2.08. The zero-order chi connectivity index (χ0) is 10.8. The number of para-hydroxylation sites is 1. The Morgan fingerprint density at radius 2 is 2.20 bits per heavy atom. The molecule has 1 heterocycles. The monoisotopic (exact) mass is 199 g/mol. The van der Waals surface area contributed by atoms with Crippen molar-refractivity contribution in [1.82, 2.24) is 0 Å². The van der Waals surface area contributed by atoms with Gasteiger partial charge >= 0.3 is 0 Å². The molecule has 0 N–H and O–H groups in total. The average Bonchev–Trinajstić information content (AvgIpc) is 2.70. The van der Waals surface area contributed by atoms with Gasteiger partial charge in [-0.15, -0.1) is 0 Å². The Bertz CT molecular complexity index is 548. The highest BCUT2D eigenvalue weighted by atomic mass is 16.3. The summed E-state index contributed by atoms with van der Waals surface area (Å²) in [6.45, 7) is 1.59. The number of hydrogen-bond donors (Lipinski definition) is 0. The highest BCUT2D eigenvalue weighted by Crippen LogP contribution is 2.22. The van der Waals surface area contributed by atoms with E-state index in [2.05, 4.69) is 0 Å². The molecule has 74 valence electrons. The van der Waals surface area contributed by atoms with Crippen LogP contribution in [0.3, 0.4) is 0 Å². The Hall–Kier alpha value is -2.08. The molecule has 0 radical (unpaired) electrons. The summed E-state index contributed by atoms with van der Waals surface area (Å²) < 4.78 is 5.23. The number of Topliss-reactive ketones (excluding diaryl/α,β-unsaturated/α-hetero) is 1. The number of carbonyl (C=O) groups excluding carboxylic acids is 1. The summed E-state index contributed by atoms with van der Waals surface area (Å²) in [7, 11) is 0. The molecule has 0 spiro atoms. The summed E-state index contributed by atoms with van der Waals surface area (Å²) in [5, 5.41) is 9.44. The maximum absolute atomic E-state index is 11.8. The van der Waals surface area contributed by atoms with Gasteiger partial charge in [-0.1, -0.05) is 18.2 Å². The quantitative estimate of drug-likeness (QED) is 0.699. The van der Waals surface area contributed by atoms with Crippen LogP contribution in [-0.2, 0) is 0 Å². The fourth-order valence-electron chi connectivity index (χ4n) is 1.46. The molecule has 15 heavy (non-hydrogen) atoms. The molecule has 1 aromatic carbocycles. The van der Waals surface area contributed by atoms with E-state index >= 15 is 0 Å². The van der Waals surface area contributed by atoms with Crippen molar-refractivity contribution in [2.24, 2.45) is 5.92 Å². The first-order valence-corrected chi connectivity index (χ1v) is 4.64. The Morgan fingerprint density at radius 1 is 1.47 bits per heavy atom. The second kappa shape index (κ2) is 3.58. The van der Waals surface area contributed by atoms with E-state index < -0.39 is 5.92 Å². The van der Waals surface area contributed by atoms with Crippen LogP contribution in [-0.4, -0.2) is 5.78 Å². The standard InChI is InChI=1S/C12H9NO2/c1-8(6-13)12(14)10-7-15-11-5-3-2-4-9(10)11/h2-5,7-8H,1H3. The predicted molar refractivity (Wildman–Crippen MR) is 55.3 cm³/mol. The SMILES string of the molecule is CC(C#N)C(=O)c1coc2ccccc12. The number of fused-ring (bicyclic) bond motifs is 1. The van der Waals surface area contributed by atoms with Crippen LogP contribution in [0.1, 0.15) is 17.3 Å². The Kier molecular flexibility index (Phi) is 2.26. The van der Waals surface area contributed by atoms with Crippen molar-refractivity contribution in [3.05, 3.63) is 36.1 Å². The van der Waals surface area contributed by atoms with Gasteiger partial charge < -0.3 is 4.42 Å². The van der Waals surface area contributed by atoms with Gasteiger partial charge in [0.2, 0.25) is 0 Å². The Balaban J connectivity index is 2.54. The lowest BCUT2D eigenvalue weighted by Gasteiger charge is -1.98. The molecule has 0 aliphatic rings. The lowest BCUT2D eigenvalue weighted by atomic mass is 10.0. The normalized spacial score (nSPS) is 12.3. The van der Waals surface area contributed by atoms with Crippen molar-refractivity contribution in [3.63, 3.8) is 0 Å². The van der Waals surface area contributed by atoms with Gasteiger partial charge in [-0.05, 0) is 13.0 Å². The van der Waals surface area contributed by atoms with E-state index in [0.29, 0.717) is 11.1 Å². The van der Waals surface area contributed by atoms with Crippen LogP contribution in [0.4, 0.5) is 0 Å². The summed E-state index contributed by atoms with van der Waals surface area (Å²) in [5.74, 6) is -0.826. The van der Waals surface area contributed by atoms with E-state index in [1.54, 1.807) is 13.0 Å². The minimum atomic E-state index is -0.633. The molecule has 1 unspecified atom stereocenters. The van der Waals surface area contributed by atoms with Crippen LogP contribution >= 0.6 is 0 Å². The zero-order valence-corrected chi connectivity index (χ0v) is 8.23. The Labute approximate surface area is 86.9 Å².